The number of nitrogens with one attached hydrogen (secondary N) is 1. The first-order chi connectivity index (χ1) is 9.29. The number of nitriles is 1. The molecule has 2 rings (SSSR count). The van der Waals surface area contributed by atoms with Crippen molar-refractivity contribution in [2.24, 2.45) is 0 Å². The Morgan fingerprint density at radius 3 is 3.16 bits per heavy atom. The molecule has 1 aliphatic heterocycles. The molecule has 1 N–H and O–H groups in total. The monoisotopic (exact) mass is 280 g/mol. The average molecular weight is 281 g/mol. The van der Waals surface area contributed by atoms with E-state index in [-0.39, 0.29) is 6.10 Å². The van der Waals surface area contributed by atoms with Crippen molar-refractivity contribution < 1.29 is 9.47 Å². The highest BCUT2D eigenvalue weighted by Gasteiger charge is 2.14. The fraction of sp³-hybridized carbons (Fsp3) is 0.500. The summed E-state index contributed by atoms with van der Waals surface area (Å²) >= 11 is 5.90. The van der Waals surface area contributed by atoms with E-state index in [2.05, 4.69) is 11.4 Å². The molecule has 5 heteroatoms. The third-order valence-electron chi connectivity index (χ3n) is 2.99. The lowest BCUT2D eigenvalue weighted by molar-refractivity contribution is 0.0206. The summed E-state index contributed by atoms with van der Waals surface area (Å²) in [6.07, 6.45) is 2.46. The van der Waals surface area contributed by atoms with Gasteiger partial charge in [-0.1, -0.05) is 11.6 Å². The van der Waals surface area contributed by atoms with E-state index in [1.54, 1.807) is 18.2 Å². The van der Waals surface area contributed by atoms with E-state index in [9.17, 15) is 0 Å². The zero-order chi connectivity index (χ0) is 13.5. The molecule has 0 aromatic heterocycles. The number of ether oxygens (including phenoxy) is 2. The van der Waals surface area contributed by atoms with Crippen LogP contribution >= 0.6 is 11.6 Å². The predicted octanol–water partition coefficient (Wildman–Crippen LogP) is 2.82. The van der Waals surface area contributed by atoms with Crippen LogP contribution in [0.3, 0.4) is 0 Å². The molecule has 102 valence electrons. The first-order valence-electron chi connectivity index (χ1n) is 6.42. The summed E-state index contributed by atoms with van der Waals surface area (Å²) in [5.41, 5.74) is 1.33. The van der Waals surface area contributed by atoms with Gasteiger partial charge in [0, 0.05) is 18.2 Å². The maximum absolute atomic E-state index is 8.97. The van der Waals surface area contributed by atoms with Crippen molar-refractivity contribution >= 4 is 17.3 Å². The molecule has 1 aromatic rings. The van der Waals surface area contributed by atoms with Gasteiger partial charge in [0.05, 0.1) is 30.6 Å². The van der Waals surface area contributed by atoms with Gasteiger partial charge in [-0.05, 0) is 31.0 Å². The molecule has 0 spiro atoms. The average Bonchev–Trinajstić information content (AvgIpc) is 2.92. The summed E-state index contributed by atoms with van der Waals surface area (Å²) in [6.45, 7) is 2.71. The topological polar surface area (TPSA) is 54.3 Å². The van der Waals surface area contributed by atoms with Gasteiger partial charge in [-0.2, -0.15) is 5.26 Å². The van der Waals surface area contributed by atoms with Crippen LogP contribution in [0.2, 0.25) is 5.02 Å². The number of hydrogen-bond acceptors (Lipinski definition) is 4. The van der Waals surface area contributed by atoms with Crippen LogP contribution in [0.1, 0.15) is 18.4 Å². The lowest BCUT2D eigenvalue weighted by atomic mass is 10.2. The van der Waals surface area contributed by atoms with Gasteiger partial charge in [0.25, 0.3) is 0 Å². The molecule has 1 aromatic carbocycles. The van der Waals surface area contributed by atoms with E-state index >= 15 is 0 Å². The smallest absolute Gasteiger partial charge is 0.101 e. The second kappa shape index (κ2) is 7.34. The summed E-state index contributed by atoms with van der Waals surface area (Å²) in [5, 5.41) is 12.7. The third-order valence-corrected chi connectivity index (χ3v) is 3.23. The number of rotatable bonds is 6. The van der Waals surface area contributed by atoms with Crippen LogP contribution in [0.4, 0.5) is 5.69 Å². The second-order valence-corrected chi connectivity index (χ2v) is 4.87. The summed E-state index contributed by atoms with van der Waals surface area (Å²) in [6, 6.07) is 7.29. The van der Waals surface area contributed by atoms with E-state index in [0.29, 0.717) is 30.3 Å². The fourth-order valence-electron chi connectivity index (χ4n) is 2.01. The maximum atomic E-state index is 8.97. The van der Waals surface area contributed by atoms with Crippen LogP contribution in [0.15, 0.2) is 18.2 Å². The van der Waals surface area contributed by atoms with Gasteiger partial charge < -0.3 is 14.8 Å². The van der Waals surface area contributed by atoms with Crippen LogP contribution in [-0.4, -0.2) is 32.5 Å². The molecule has 1 saturated heterocycles. The summed E-state index contributed by atoms with van der Waals surface area (Å²) < 4.78 is 11.0. The van der Waals surface area contributed by atoms with Gasteiger partial charge >= 0.3 is 0 Å². The van der Waals surface area contributed by atoms with Crippen molar-refractivity contribution in [1.29, 1.82) is 5.26 Å². The summed E-state index contributed by atoms with van der Waals surface area (Å²) in [4.78, 5) is 0. The first kappa shape index (κ1) is 14.1. The van der Waals surface area contributed by atoms with Crippen molar-refractivity contribution in [3.8, 4) is 6.07 Å². The molecule has 1 atom stereocenters. The van der Waals surface area contributed by atoms with Crippen LogP contribution in [0.5, 0.6) is 0 Å². The SMILES string of the molecule is N#Cc1ccc(Cl)cc1NCCOCC1CCCO1. The van der Waals surface area contributed by atoms with Crippen LogP contribution in [0.25, 0.3) is 0 Å². The zero-order valence-electron chi connectivity index (χ0n) is 10.7. The van der Waals surface area contributed by atoms with Crippen molar-refractivity contribution in [3.05, 3.63) is 28.8 Å². The van der Waals surface area contributed by atoms with Crippen molar-refractivity contribution in [2.75, 3.05) is 31.7 Å². The van der Waals surface area contributed by atoms with Gasteiger partial charge in [0.1, 0.15) is 6.07 Å². The van der Waals surface area contributed by atoms with Crippen molar-refractivity contribution in [1.82, 2.24) is 0 Å². The van der Waals surface area contributed by atoms with E-state index in [0.717, 1.165) is 25.1 Å². The Hall–Kier alpha value is -1.28. The number of nitrogens with zero attached hydrogens (tertiary/aromatic N) is 1. The summed E-state index contributed by atoms with van der Waals surface area (Å²) in [7, 11) is 0. The standard InChI is InChI=1S/C14H17ClN2O2/c15-12-4-3-11(9-16)14(8-12)17-5-7-18-10-13-2-1-6-19-13/h3-4,8,13,17H,1-2,5-7,10H2. The molecule has 0 radical (unpaired) electrons. The molecule has 19 heavy (non-hydrogen) atoms. The highest BCUT2D eigenvalue weighted by atomic mass is 35.5. The lowest BCUT2D eigenvalue weighted by Gasteiger charge is -2.11. The van der Waals surface area contributed by atoms with Crippen molar-refractivity contribution in [2.45, 2.75) is 18.9 Å². The third kappa shape index (κ3) is 4.39. The highest BCUT2D eigenvalue weighted by molar-refractivity contribution is 6.30. The van der Waals surface area contributed by atoms with Crippen LogP contribution < -0.4 is 5.32 Å². The van der Waals surface area contributed by atoms with Gasteiger partial charge in [0.15, 0.2) is 0 Å². The molecule has 4 nitrogen and oxygen atoms in total. The molecular weight excluding hydrogens is 264 g/mol. The Balaban J connectivity index is 1.70. The largest absolute Gasteiger partial charge is 0.382 e. The Morgan fingerprint density at radius 1 is 1.53 bits per heavy atom. The summed E-state index contributed by atoms with van der Waals surface area (Å²) in [5.74, 6) is 0. The molecule has 0 amide bonds. The van der Waals surface area contributed by atoms with Gasteiger partial charge in [-0.3, -0.25) is 0 Å². The maximum Gasteiger partial charge on any atom is 0.101 e. The van der Waals surface area contributed by atoms with Gasteiger partial charge in [0.2, 0.25) is 0 Å². The molecule has 1 fully saturated rings. The molecule has 1 aliphatic rings. The Morgan fingerprint density at radius 2 is 2.42 bits per heavy atom. The minimum atomic E-state index is 0.251. The number of hydrogen-bond donors (Lipinski definition) is 1. The van der Waals surface area contributed by atoms with Gasteiger partial charge in [-0.15, -0.1) is 0 Å². The Bertz CT molecular complexity index is 453. The quantitative estimate of drug-likeness (QED) is 0.814. The normalized spacial score (nSPS) is 18.2. The Labute approximate surface area is 118 Å². The number of anilines is 1. The molecular formula is C14H17ClN2O2. The van der Waals surface area contributed by atoms with E-state index < -0.39 is 0 Å². The predicted molar refractivity (Wildman–Crippen MR) is 74.4 cm³/mol. The molecule has 1 unspecified atom stereocenters. The van der Waals surface area contributed by atoms with E-state index in [4.69, 9.17) is 26.3 Å². The number of halogens is 1. The molecule has 0 aliphatic carbocycles. The second-order valence-electron chi connectivity index (χ2n) is 4.44. The zero-order valence-corrected chi connectivity index (χ0v) is 11.4. The lowest BCUT2D eigenvalue weighted by Crippen LogP contribution is -2.18. The molecule has 0 bridgehead atoms. The minimum Gasteiger partial charge on any atom is -0.382 e. The molecule has 1 heterocycles. The van der Waals surface area contributed by atoms with E-state index in [1.165, 1.54) is 0 Å². The van der Waals surface area contributed by atoms with Gasteiger partial charge in [-0.25, -0.2) is 0 Å². The van der Waals surface area contributed by atoms with Crippen molar-refractivity contribution in [3.63, 3.8) is 0 Å². The first-order valence-corrected chi connectivity index (χ1v) is 6.80. The van der Waals surface area contributed by atoms with Crippen LogP contribution in [0, 0.1) is 11.3 Å². The highest BCUT2D eigenvalue weighted by Crippen LogP contribution is 2.20. The minimum absolute atomic E-state index is 0.251. The molecule has 0 saturated carbocycles. The fourth-order valence-corrected chi connectivity index (χ4v) is 2.18. The Kier molecular flexibility index (Phi) is 5.46. The number of benzene rings is 1. The van der Waals surface area contributed by atoms with Crippen LogP contribution in [-0.2, 0) is 9.47 Å². The van der Waals surface area contributed by atoms with E-state index in [1.807, 2.05) is 0 Å².